The zero-order valence-electron chi connectivity index (χ0n) is 15.7. The minimum absolute atomic E-state index is 0.0224. The van der Waals surface area contributed by atoms with Crippen molar-refractivity contribution in [2.24, 2.45) is 0 Å². The van der Waals surface area contributed by atoms with Gasteiger partial charge in [-0.3, -0.25) is 14.4 Å². The topological polar surface area (TPSA) is 84.5 Å². The van der Waals surface area contributed by atoms with Gasteiger partial charge in [-0.15, -0.1) is 0 Å². The summed E-state index contributed by atoms with van der Waals surface area (Å²) in [5, 5.41) is 4.32. The first-order valence-corrected chi connectivity index (χ1v) is 8.73. The van der Waals surface area contributed by atoms with Crippen LogP contribution in [-0.2, 0) is 9.59 Å². The first-order chi connectivity index (χ1) is 13.7. The number of amides is 2. The van der Waals surface area contributed by atoms with E-state index in [1.165, 1.54) is 6.92 Å². The summed E-state index contributed by atoms with van der Waals surface area (Å²) in [6, 6.07) is 7.79. The fourth-order valence-electron chi connectivity index (χ4n) is 2.31. The van der Waals surface area contributed by atoms with E-state index >= 15 is 0 Å². The molecule has 1 atom stereocenters. The molecular formula is C20H19F3N2O4. The lowest BCUT2D eigenvalue weighted by Crippen LogP contribution is -2.40. The lowest BCUT2D eigenvalue weighted by atomic mass is 10.1. The molecule has 2 aromatic rings. The summed E-state index contributed by atoms with van der Waals surface area (Å²) < 4.78 is 45.0. The van der Waals surface area contributed by atoms with E-state index in [4.69, 9.17) is 4.74 Å². The zero-order valence-corrected chi connectivity index (χ0v) is 15.7. The number of Topliss-reactive ketones (excluding diaryl/α,β-unsaturated/α-hetero) is 1. The first-order valence-electron chi connectivity index (χ1n) is 8.73. The minimum atomic E-state index is -1.71. The summed E-state index contributed by atoms with van der Waals surface area (Å²) in [5.74, 6) is -5.75. The monoisotopic (exact) mass is 408 g/mol. The van der Waals surface area contributed by atoms with Gasteiger partial charge in [0.25, 0.3) is 5.91 Å². The number of benzene rings is 2. The van der Waals surface area contributed by atoms with Crippen molar-refractivity contribution in [2.45, 2.75) is 26.4 Å². The van der Waals surface area contributed by atoms with E-state index in [0.717, 1.165) is 6.07 Å². The maximum atomic E-state index is 13.5. The summed E-state index contributed by atoms with van der Waals surface area (Å²) in [7, 11) is 0. The number of nitrogens with one attached hydrogen (secondary N) is 2. The lowest BCUT2D eigenvalue weighted by Gasteiger charge is -2.15. The highest BCUT2D eigenvalue weighted by Crippen LogP contribution is 2.19. The second-order valence-corrected chi connectivity index (χ2v) is 6.05. The van der Waals surface area contributed by atoms with Gasteiger partial charge in [-0.2, -0.15) is 0 Å². The van der Waals surface area contributed by atoms with E-state index in [0.29, 0.717) is 23.8 Å². The quantitative estimate of drug-likeness (QED) is 0.519. The van der Waals surface area contributed by atoms with Crippen LogP contribution in [0.5, 0.6) is 5.75 Å². The van der Waals surface area contributed by atoms with Crippen LogP contribution >= 0.6 is 0 Å². The number of hydrogen-bond acceptors (Lipinski definition) is 4. The molecule has 0 saturated heterocycles. The molecular weight excluding hydrogens is 389 g/mol. The summed E-state index contributed by atoms with van der Waals surface area (Å²) >= 11 is 0. The van der Waals surface area contributed by atoms with Gasteiger partial charge >= 0.3 is 0 Å². The van der Waals surface area contributed by atoms with Crippen LogP contribution in [-0.4, -0.2) is 30.2 Å². The van der Waals surface area contributed by atoms with Gasteiger partial charge in [-0.05, 0) is 43.3 Å². The molecule has 2 N–H and O–H groups in total. The van der Waals surface area contributed by atoms with Crippen molar-refractivity contribution in [3.05, 3.63) is 59.4 Å². The lowest BCUT2D eigenvalue weighted by molar-refractivity contribution is -0.129. The van der Waals surface area contributed by atoms with E-state index in [-0.39, 0.29) is 5.78 Å². The highest BCUT2D eigenvalue weighted by molar-refractivity contribution is 5.96. The SMILES string of the molecule is CCC(=O)c1ccc(O[C@H](C)C(=O)NCC(=O)Nc2ccc(F)c(F)c2F)cc1. The Kier molecular flexibility index (Phi) is 7.35. The van der Waals surface area contributed by atoms with Crippen molar-refractivity contribution in [3.8, 4) is 5.75 Å². The molecule has 154 valence electrons. The zero-order chi connectivity index (χ0) is 21.6. The number of anilines is 1. The maximum absolute atomic E-state index is 13.5. The molecule has 0 bridgehead atoms. The molecule has 0 aromatic heterocycles. The number of halogens is 3. The van der Waals surface area contributed by atoms with Gasteiger partial charge < -0.3 is 15.4 Å². The van der Waals surface area contributed by atoms with Gasteiger partial charge in [-0.1, -0.05) is 6.92 Å². The molecule has 0 fully saturated rings. The average molecular weight is 408 g/mol. The average Bonchev–Trinajstić information content (AvgIpc) is 2.72. The second kappa shape index (κ2) is 9.72. The van der Waals surface area contributed by atoms with Gasteiger partial charge in [0.2, 0.25) is 5.91 Å². The summed E-state index contributed by atoms with van der Waals surface area (Å²) in [4.78, 5) is 35.4. The van der Waals surface area contributed by atoms with Crippen molar-refractivity contribution in [1.82, 2.24) is 5.32 Å². The summed E-state index contributed by atoms with van der Waals surface area (Å²) in [6.07, 6.45) is -0.592. The molecule has 9 heteroatoms. The molecule has 2 aromatic carbocycles. The predicted molar refractivity (Wildman–Crippen MR) is 99.1 cm³/mol. The molecule has 0 aliphatic carbocycles. The Morgan fingerprint density at radius 2 is 1.66 bits per heavy atom. The number of carbonyl (C=O) groups excluding carboxylic acids is 3. The Bertz CT molecular complexity index is 917. The van der Waals surface area contributed by atoms with Crippen LogP contribution in [0.4, 0.5) is 18.9 Å². The fourth-order valence-corrected chi connectivity index (χ4v) is 2.31. The minimum Gasteiger partial charge on any atom is -0.481 e. The van der Waals surface area contributed by atoms with Gasteiger partial charge in [-0.25, -0.2) is 13.2 Å². The largest absolute Gasteiger partial charge is 0.481 e. The molecule has 0 spiro atoms. The molecule has 2 rings (SSSR count). The molecule has 0 radical (unpaired) electrons. The van der Waals surface area contributed by atoms with Crippen molar-refractivity contribution in [2.75, 3.05) is 11.9 Å². The summed E-state index contributed by atoms with van der Waals surface area (Å²) in [6.45, 7) is 2.67. The Labute approximate surface area is 165 Å². The van der Waals surface area contributed by atoms with E-state index in [1.807, 2.05) is 5.32 Å². The Hall–Kier alpha value is -3.36. The molecule has 6 nitrogen and oxygen atoms in total. The molecule has 29 heavy (non-hydrogen) atoms. The van der Waals surface area contributed by atoms with Crippen LogP contribution in [0, 0.1) is 17.5 Å². The summed E-state index contributed by atoms with van der Waals surface area (Å²) in [5.41, 5.74) is -0.0211. The van der Waals surface area contributed by atoms with Gasteiger partial charge in [0.15, 0.2) is 29.3 Å². The molecule has 0 unspecified atom stereocenters. The number of carbonyl (C=O) groups is 3. The van der Waals surface area contributed by atoms with Gasteiger partial charge in [0.05, 0.1) is 12.2 Å². The van der Waals surface area contributed by atoms with Crippen molar-refractivity contribution < 1.29 is 32.3 Å². The van der Waals surface area contributed by atoms with Crippen LogP contribution in [0.3, 0.4) is 0 Å². The standard InChI is InChI=1S/C20H19F3N2O4/c1-3-16(26)12-4-6-13(7-5-12)29-11(2)20(28)24-10-17(27)25-15-9-8-14(21)18(22)19(15)23/h4-9,11H,3,10H2,1-2H3,(H,24,28)(H,25,27)/t11-/m1/s1. The van der Waals surface area contributed by atoms with Crippen molar-refractivity contribution >= 4 is 23.3 Å². The third kappa shape index (κ3) is 5.81. The molecule has 2 amide bonds. The van der Waals surface area contributed by atoms with Crippen molar-refractivity contribution in [3.63, 3.8) is 0 Å². The van der Waals surface area contributed by atoms with Crippen LogP contribution < -0.4 is 15.4 Å². The first kappa shape index (κ1) is 21.9. The highest BCUT2D eigenvalue weighted by atomic mass is 19.2. The molecule has 0 aliphatic rings. The Morgan fingerprint density at radius 3 is 2.28 bits per heavy atom. The van der Waals surface area contributed by atoms with Crippen LogP contribution in [0.25, 0.3) is 0 Å². The van der Waals surface area contributed by atoms with Crippen LogP contribution in [0.2, 0.25) is 0 Å². The highest BCUT2D eigenvalue weighted by Gasteiger charge is 2.18. The third-order valence-corrected chi connectivity index (χ3v) is 3.91. The van der Waals surface area contributed by atoms with Crippen LogP contribution in [0.15, 0.2) is 36.4 Å². The van der Waals surface area contributed by atoms with Gasteiger partial charge in [0.1, 0.15) is 5.75 Å². The van der Waals surface area contributed by atoms with Crippen molar-refractivity contribution in [1.29, 1.82) is 0 Å². The maximum Gasteiger partial charge on any atom is 0.261 e. The Morgan fingerprint density at radius 1 is 1.00 bits per heavy atom. The normalized spacial score (nSPS) is 11.5. The number of ether oxygens (including phenoxy) is 1. The predicted octanol–water partition coefficient (Wildman–Crippen LogP) is 3.22. The van der Waals surface area contributed by atoms with E-state index < -0.39 is 47.6 Å². The number of rotatable bonds is 8. The number of hydrogen-bond donors (Lipinski definition) is 2. The molecule has 0 heterocycles. The Balaban J connectivity index is 1.86. The smallest absolute Gasteiger partial charge is 0.261 e. The second-order valence-electron chi connectivity index (χ2n) is 6.05. The molecule has 0 aliphatic heterocycles. The van der Waals surface area contributed by atoms with Crippen LogP contribution in [0.1, 0.15) is 30.6 Å². The number of ketones is 1. The third-order valence-electron chi connectivity index (χ3n) is 3.91. The van der Waals surface area contributed by atoms with E-state index in [1.54, 1.807) is 31.2 Å². The molecule has 0 saturated carbocycles. The van der Waals surface area contributed by atoms with Gasteiger partial charge in [0, 0.05) is 12.0 Å². The fraction of sp³-hybridized carbons (Fsp3) is 0.250. The van der Waals surface area contributed by atoms with E-state index in [9.17, 15) is 27.6 Å². The van der Waals surface area contributed by atoms with E-state index in [2.05, 4.69) is 5.32 Å².